The third-order valence-electron chi connectivity index (χ3n) is 3.08. The van der Waals surface area contributed by atoms with E-state index in [2.05, 4.69) is 55.3 Å². The van der Waals surface area contributed by atoms with Crippen LogP contribution in [-0.4, -0.2) is 19.0 Å². The Labute approximate surface area is 122 Å². The molecule has 0 aliphatic heterocycles. The molecule has 0 aliphatic carbocycles. The lowest BCUT2D eigenvalue weighted by molar-refractivity contribution is -0.120. The molecule has 0 saturated carbocycles. The van der Waals surface area contributed by atoms with Gasteiger partial charge in [0.25, 0.3) is 0 Å². The molecule has 0 heterocycles. The van der Waals surface area contributed by atoms with Crippen LogP contribution in [0.5, 0.6) is 0 Å². The Morgan fingerprint density at radius 3 is 2.45 bits per heavy atom. The fourth-order valence-electron chi connectivity index (χ4n) is 2.08. The van der Waals surface area contributed by atoms with Gasteiger partial charge in [0.1, 0.15) is 0 Å². The summed E-state index contributed by atoms with van der Waals surface area (Å²) in [6.45, 7) is 11.0. The second-order valence-electron chi connectivity index (χ2n) is 5.55. The average molecular weight is 274 g/mol. The monoisotopic (exact) mass is 274 g/mol. The predicted octanol–water partition coefficient (Wildman–Crippen LogP) is 2.84. The van der Waals surface area contributed by atoms with Crippen LogP contribution in [0, 0.1) is 5.92 Å². The number of carbonyl (C=O) groups excluding carboxylic acids is 1. The molecule has 110 valence electrons. The molecule has 1 aromatic rings. The Morgan fingerprint density at radius 1 is 1.25 bits per heavy atom. The molecular formula is C17H26N2O. The molecule has 0 spiro atoms. The molecule has 1 aromatic carbocycles. The molecule has 1 unspecified atom stereocenters. The zero-order valence-electron chi connectivity index (χ0n) is 12.8. The van der Waals surface area contributed by atoms with E-state index >= 15 is 0 Å². The third kappa shape index (κ3) is 6.02. The van der Waals surface area contributed by atoms with Gasteiger partial charge in [-0.1, -0.05) is 44.2 Å². The third-order valence-corrected chi connectivity index (χ3v) is 3.08. The van der Waals surface area contributed by atoms with Crippen LogP contribution in [0.2, 0.25) is 0 Å². The summed E-state index contributed by atoms with van der Waals surface area (Å²) in [5.41, 5.74) is 2.48. The topological polar surface area (TPSA) is 41.1 Å². The van der Waals surface area contributed by atoms with Gasteiger partial charge in [-0.3, -0.25) is 4.79 Å². The molecular weight excluding hydrogens is 248 g/mol. The summed E-state index contributed by atoms with van der Waals surface area (Å²) in [7, 11) is 0. The number of carbonyl (C=O) groups is 1. The summed E-state index contributed by atoms with van der Waals surface area (Å²) >= 11 is 0. The summed E-state index contributed by atoms with van der Waals surface area (Å²) < 4.78 is 0. The molecule has 3 heteroatoms. The fourth-order valence-corrected chi connectivity index (χ4v) is 2.08. The van der Waals surface area contributed by atoms with Crippen molar-refractivity contribution in [1.29, 1.82) is 0 Å². The highest BCUT2D eigenvalue weighted by atomic mass is 16.1. The van der Waals surface area contributed by atoms with E-state index in [-0.39, 0.29) is 11.9 Å². The number of hydrogen-bond donors (Lipinski definition) is 2. The van der Waals surface area contributed by atoms with Gasteiger partial charge in [0.05, 0.1) is 12.6 Å². The van der Waals surface area contributed by atoms with Crippen LogP contribution >= 0.6 is 0 Å². The molecule has 0 radical (unpaired) electrons. The Bertz CT molecular complexity index is 423. The summed E-state index contributed by atoms with van der Waals surface area (Å²) in [5.74, 6) is 0.666. The van der Waals surface area contributed by atoms with Gasteiger partial charge in [0, 0.05) is 6.54 Å². The summed E-state index contributed by atoms with van der Waals surface area (Å²) in [4.78, 5) is 11.7. The van der Waals surface area contributed by atoms with E-state index in [1.54, 1.807) is 6.08 Å². The minimum Gasteiger partial charge on any atom is -0.348 e. The van der Waals surface area contributed by atoms with Crippen LogP contribution in [0.4, 0.5) is 0 Å². The largest absolute Gasteiger partial charge is 0.348 e. The number of amides is 1. The highest BCUT2D eigenvalue weighted by Crippen LogP contribution is 2.15. The van der Waals surface area contributed by atoms with Gasteiger partial charge in [-0.2, -0.15) is 0 Å². The van der Waals surface area contributed by atoms with Gasteiger partial charge >= 0.3 is 0 Å². The molecule has 1 rings (SSSR count). The Balaban J connectivity index is 2.48. The van der Waals surface area contributed by atoms with Crippen molar-refractivity contribution in [2.24, 2.45) is 5.92 Å². The lowest BCUT2D eigenvalue weighted by Gasteiger charge is -2.15. The van der Waals surface area contributed by atoms with E-state index in [0.717, 1.165) is 12.0 Å². The van der Waals surface area contributed by atoms with E-state index < -0.39 is 0 Å². The van der Waals surface area contributed by atoms with Crippen LogP contribution in [0.25, 0.3) is 0 Å². The number of nitrogens with one attached hydrogen (secondary N) is 2. The maximum atomic E-state index is 11.7. The molecule has 20 heavy (non-hydrogen) atoms. The van der Waals surface area contributed by atoms with Gasteiger partial charge in [-0.05, 0) is 30.4 Å². The van der Waals surface area contributed by atoms with Crippen LogP contribution in [0.1, 0.15) is 37.9 Å². The zero-order valence-corrected chi connectivity index (χ0v) is 12.8. The standard InChI is InChI=1S/C17H26N2O/c1-5-10-18-12-17(20)19-14(4)16-8-6-15(7-9-16)11-13(2)3/h5-9,13-14,18H,1,10-12H2,2-4H3,(H,19,20). The zero-order chi connectivity index (χ0) is 15.0. The highest BCUT2D eigenvalue weighted by molar-refractivity contribution is 5.78. The fraction of sp³-hybridized carbons (Fsp3) is 0.471. The van der Waals surface area contributed by atoms with E-state index in [9.17, 15) is 4.79 Å². The van der Waals surface area contributed by atoms with Gasteiger partial charge in [0.15, 0.2) is 0 Å². The maximum Gasteiger partial charge on any atom is 0.234 e. The van der Waals surface area contributed by atoms with Crippen LogP contribution < -0.4 is 10.6 Å². The summed E-state index contributed by atoms with van der Waals surface area (Å²) in [5, 5.41) is 5.97. The predicted molar refractivity (Wildman–Crippen MR) is 84.6 cm³/mol. The molecule has 0 aromatic heterocycles. The first-order chi connectivity index (χ1) is 9.52. The normalized spacial score (nSPS) is 12.2. The van der Waals surface area contributed by atoms with Gasteiger partial charge < -0.3 is 10.6 Å². The molecule has 0 aliphatic rings. The quantitative estimate of drug-likeness (QED) is 0.565. The first-order valence-corrected chi connectivity index (χ1v) is 7.22. The summed E-state index contributed by atoms with van der Waals surface area (Å²) in [6.07, 6.45) is 2.83. The Hall–Kier alpha value is -1.61. The van der Waals surface area contributed by atoms with Crippen molar-refractivity contribution in [2.75, 3.05) is 13.1 Å². The van der Waals surface area contributed by atoms with Gasteiger partial charge in [-0.25, -0.2) is 0 Å². The van der Waals surface area contributed by atoms with Crippen molar-refractivity contribution in [3.8, 4) is 0 Å². The number of hydrogen-bond acceptors (Lipinski definition) is 2. The molecule has 0 bridgehead atoms. The molecule has 3 nitrogen and oxygen atoms in total. The first kappa shape index (κ1) is 16.4. The molecule has 0 fully saturated rings. The maximum absolute atomic E-state index is 11.7. The smallest absolute Gasteiger partial charge is 0.234 e. The second-order valence-corrected chi connectivity index (χ2v) is 5.55. The van der Waals surface area contributed by atoms with Crippen molar-refractivity contribution in [3.63, 3.8) is 0 Å². The Kier molecular flexibility index (Phi) is 7.02. The highest BCUT2D eigenvalue weighted by Gasteiger charge is 2.09. The van der Waals surface area contributed by atoms with Crippen molar-refractivity contribution in [2.45, 2.75) is 33.2 Å². The van der Waals surface area contributed by atoms with Gasteiger partial charge in [-0.15, -0.1) is 6.58 Å². The van der Waals surface area contributed by atoms with Crippen molar-refractivity contribution < 1.29 is 4.79 Å². The van der Waals surface area contributed by atoms with Crippen LogP contribution in [0.15, 0.2) is 36.9 Å². The van der Waals surface area contributed by atoms with Gasteiger partial charge in [0.2, 0.25) is 5.91 Å². The molecule has 0 saturated heterocycles. The van der Waals surface area contributed by atoms with Crippen LogP contribution in [-0.2, 0) is 11.2 Å². The average Bonchev–Trinajstić information content (AvgIpc) is 2.39. The molecule has 2 N–H and O–H groups in total. The molecule has 1 amide bonds. The number of rotatable bonds is 8. The van der Waals surface area contributed by atoms with Crippen molar-refractivity contribution >= 4 is 5.91 Å². The first-order valence-electron chi connectivity index (χ1n) is 7.22. The molecule has 1 atom stereocenters. The SMILES string of the molecule is C=CCNCC(=O)NC(C)c1ccc(CC(C)C)cc1. The minimum absolute atomic E-state index is 0.00519. The van der Waals surface area contributed by atoms with Crippen molar-refractivity contribution in [3.05, 3.63) is 48.0 Å². The number of benzene rings is 1. The van der Waals surface area contributed by atoms with Crippen molar-refractivity contribution in [1.82, 2.24) is 10.6 Å². The van der Waals surface area contributed by atoms with E-state index in [0.29, 0.717) is 19.0 Å². The Morgan fingerprint density at radius 2 is 1.90 bits per heavy atom. The second kappa shape index (κ2) is 8.54. The van der Waals surface area contributed by atoms with Crippen LogP contribution in [0.3, 0.4) is 0 Å². The van der Waals surface area contributed by atoms with E-state index in [4.69, 9.17) is 0 Å². The van der Waals surface area contributed by atoms with E-state index in [1.807, 2.05) is 6.92 Å². The minimum atomic E-state index is 0.00519. The lowest BCUT2D eigenvalue weighted by atomic mass is 10.00. The summed E-state index contributed by atoms with van der Waals surface area (Å²) in [6, 6.07) is 8.52. The lowest BCUT2D eigenvalue weighted by Crippen LogP contribution is -2.35. The van der Waals surface area contributed by atoms with E-state index in [1.165, 1.54) is 5.56 Å².